The lowest BCUT2D eigenvalue weighted by molar-refractivity contribution is 0.266. The van der Waals surface area contributed by atoms with Crippen molar-refractivity contribution in [3.63, 3.8) is 0 Å². The predicted molar refractivity (Wildman–Crippen MR) is 91.8 cm³/mol. The van der Waals surface area contributed by atoms with E-state index in [-0.39, 0.29) is 12.6 Å². The van der Waals surface area contributed by atoms with Crippen LogP contribution in [0.25, 0.3) is 10.9 Å². The molecule has 122 valence electrons. The molecule has 1 atom stereocenters. The zero-order valence-corrected chi connectivity index (χ0v) is 13.4. The monoisotopic (exact) mass is 312 g/mol. The van der Waals surface area contributed by atoms with Crippen molar-refractivity contribution in [2.45, 2.75) is 37.6 Å². The fourth-order valence-electron chi connectivity index (χ4n) is 4.03. The molecule has 5 heteroatoms. The van der Waals surface area contributed by atoms with Crippen molar-refractivity contribution in [3.8, 4) is 0 Å². The summed E-state index contributed by atoms with van der Waals surface area (Å²) in [6, 6.07) is 6.76. The number of hydrogen-bond donors (Lipinski definition) is 2. The largest absolute Gasteiger partial charge is 0.394 e. The van der Waals surface area contributed by atoms with Gasteiger partial charge in [0.2, 0.25) is 0 Å². The molecule has 23 heavy (non-hydrogen) atoms. The summed E-state index contributed by atoms with van der Waals surface area (Å²) in [6.45, 7) is 3.38. The van der Waals surface area contributed by atoms with Crippen molar-refractivity contribution in [2.75, 3.05) is 31.1 Å². The maximum Gasteiger partial charge on any atom is 0.116 e. The summed E-state index contributed by atoms with van der Waals surface area (Å²) in [7, 11) is 0. The minimum Gasteiger partial charge on any atom is -0.394 e. The Morgan fingerprint density at radius 3 is 2.87 bits per heavy atom. The molecule has 2 saturated heterocycles. The van der Waals surface area contributed by atoms with Crippen LogP contribution in [-0.2, 0) is 0 Å². The van der Waals surface area contributed by atoms with Gasteiger partial charge in [-0.2, -0.15) is 0 Å². The Bertz CT molecular complexity index is 684. The third-order valence-corrected chi connectivity index (χ3v) is 5.30. The van der Waals surface area contributed by atoms with Crippen molar-refractivity contribution in [3.05, 3.63) is 30.2 Å². The van der Waals surface area contributed by atoms with Crippen LogP contribution in [0.5, 0.6) is 0 Å². The van der Waals surface area contributed by atoms with Crippen LogP contribution in [0.15, 0.2) is 24.5 Å². The van der Waals surface area contributed by atoms with Crippen molar-refractivity contribution < 1.29 is 5.11 Å². The second kappa shape index (κ2) is 6.42. The highest BCUT2D eigenvalue weighted by Gasteiger charge is 2.25. The van der Waals surface area contributed by atoms with Crippen LogP contribution in [0, 0.1) is 0 Å². The molecule has 0 bridgehead atoms. The molecule has 2 fully saturated rings. The van der Waals surface area contributed by atoms with Gasteiger partial charge in [-0.05, 0) is 57.0 Å². The molecule has 4 rings (SSSR count). The van der Waals surface area contributed by atoms with Gasteiger partial charge in [0.15, 0.2) is 0 Å². The highest BCUT2D eigenvalue weighted by molar-refractivity contribution is 5.84. The molecule has 1 aromatic heterocycles. The summed E-state index contributed by atoms with van der Waals surface area (Å²) < 4.78 is 0. The standard InChI is InChI=1S/C18H24N4O/c23-11-15-2-1-9-22(15)14-3-4-16-17(10-14)20-12-21-18(16)13-5-7-19-8-6-13/h3-4,10,12-13,15,19,23H,1-2,5-9,11H2. The Morgan fingerprint density at radius 1 is 1.17 bits per heavy atom. The number of anilines is 1. The van der Waals surface area contributed by atoms with E-state index in [9.17, 15) is 5.11 Å². The summed E-state index contributed by atoms with van der Waals surface area (Å²) >= 11 is 0. The first-order valence-corrected chi connectivity index (χ1v) is 8.69. The van der Waals surface area contributed by atoms with E-state index in [4.69, 9.17) is 0 Å². The first-order valence-electron chi connectivity index (χ1n) is 8.69. The fraction of sp³-hybridized carbons (Fsp3) is 0.556. The van der Waals surface area contributed by atoms with Gasteiger partial charge in [0, 0.05) is 23.5 Å². The quantitative estimate of drug-likeness (QED) is 0.908. The number of aliphatic hydroxyl groups is 1. The summed E-state index contributed by atoms with van der Waals surface area (Å²) in [5, 5.41) is 14.2. The van der Waals surface area contributed by atoms with Crippen LogP contribution in [0.2, 0.25) is 0 Å². The van der Waals surface area contributed by atoms with Gasteiger partial charge < -0.3 is 15.3 Å². The van der Waals surface area contributed by atoms with Crippen LogP contribution in [0.3, 0.4) is 0 Å². The van der Waals surface area contributed by atoms with Gasteiger partial charge in [-0.1, -0.05) is 0 Å². The predicted octanol–water partition coefficient (Wildman–Crippen LogP) is 2.06. The number of aliphatic hydroxyl groups excluding tert-OH is 1. The first-order chi connectivity index (χ1) is 11.4. The number of nitrogens with zero attached hydrogens (tertiary/aromatic N) is 3. The summed E-state index contributed by atoms with van der Waals surface area (Å²) in [5.41, 5.74) is 3.39. The van der Waals surface area contributed by atoms with Gasteiger partial charge in [0.25, 0.3) is 0 Å². The Balaban J connectivity index is 1.69. The highest BCUT2D eigenvalue weighted by Crippen LogP contribution is 2.32. The van der Waals surface area contributed by atoms with Crippen molar-refractivity contribution in [2.24, 2.45) is 0 Å². The van der Waals surface area contributed by atoms with E-state index in [1.165, 1.54) is 16.8 Å². The highest BCUT2D eigenvalue weighted by atomic mass is 16.3. The van der Waals surface area contributed by atoms with Crippen LogP contribution >= 0.6 is 0 Å². The van der Waals surface area contributed by atoms with E-state index in [1.54, 1.807) is 6.33 Å². The smallest absolute Gasteiger partial charge is 0.116 e. The lowest BCUT2D eigenvalue weighted by Gasteiger charge is -2.26. The van der Waals surface area contributed by atoms with Gasteiger partial charge in [-0.3, -0.25) is 0 Å². The molecule has 2 aliphatic rings. The van der Waals surface area contributed by atoms with Crippen molar-refractivity contribution in [1.29, 1.82) is 0 Å². The molecule has 1 aromatic carbocycles. The SMILES string of the molecule is OCC1CCCN1c1ccc2c(C3CCNCC3)ncnc2c1. The van der Waals surface area contributed by atoms with E-state index in [0.29, 0.717) is 5.92 Å². The minimum absolute atomic E-state index is 0.224. The van der Waals surface area contributed by atoms with Gasteiger partial charge in [-0.15, -0.1) is 0 Å². The molecule has 2 aromatic rings. The number of nitrogens with one attached hydrogen (secondary N) is 1. The zero-order chi connectivity index (χ0) is 15.6. The molecule has 0 spiro atoms. The normalized spacial score (nSPS) is 22.8. The molecule has 0 radical (unpaired) electrons. The maximum atomic E-state index is 9.55. The molecule has 2 aliphatic heterocycles. The van der Waals surface area contributed by atoms with E-state index in [1.807, 2.05) is 0 Å². The molecular weight excluding hydrogens is 288 g/mol. The summed E-state index contributed by atoms with van der Waals surface area (Å²) in [6.07, 6.45) is 6.21. The van der Waals surface area contributed by atoms with E-state index in [2.05, 4.69) is 38.4 Å². The Kier molecular flexibility index (Phi) is 4.14. The van der Waals surface area contributed by atoms with Crippen molar-refractivity contribution >= 4 is 16.6 Å². The maximum absolute atomic E-state index is 9.55. The number of rotatable bonds is 3. The van der Waals surface area contributed by atoms with Crippen LogP contribution < -0.4 is 10.2 Å². The Labute approximate surface area is 136 Å². The third-order valence-electron chi connectivity index (χ3n) is 5.30. The van der Waals surface area contributed by atoms with E-state index >= 15 is 0 Å². The van der Waals surface area contributed by atoms with Gasteiger partial charge >= 0.3 is 0 Å². The van der Waals surface area contributed by atoms with E-state index in [0.717, 1.165) is 50.8 Å². The average molecular weight is 312 g/mol. The lowest BCUT2D eigenvalue weighted by atomic mass is 9.92. The number of hydrogen-bond acceptors (Lipinski definition) is 5. The molecule has 0 saturated carbocycles. The number of piperidine rings is 1. The molecule has 2 N–H and O–H groups in total. The van der Waals surface area contributed by atoms with Gasteiger partial charge in [0.1, 0.15) is 6.33 Å². The fourth-order valence-corrected chi connectivity index (χ4v) is 4.03. The second-order valence-electron chi connectivity index (χ2n) is 6.66. The van der Waals surface area contributed by atoms with Crippen LogP contribution in [0.4, 0.5) is 5.69 Å². The molecule has 3 heterocycles. The second-order valence-corrected chi connectivity index (χ2v) is 6.66. The molecular formula is C18H24N4O. The van der Waals surface area contributed by atoms with Crippen molar-refractivity contribution in [1.82, 2.24) is 15.3 Å². The Morgan fingerprint density at radius 2 is 2.04 bits per heavy atom. The average Bonchev–Trinajstić information content (AvgIpc) is 3.10. The molecule has 0 aliphatic carbocycles. The number of aromatic nitrogens is 2. The molecule has 5 nitrogen and oxygen atoms in total. The van der Waals surface area contributed by atoms with Gasteiger partial charge in [0.05, 0.1) is 23.9 Å². The van der Waals surface area contributed by atoms with Gasteiger partial charge in [-0.25, -0.2) is 9.97 Å². The number of benzene rings is 1. The Hall–Kier alpha value is -1.72. The third kappa shape index (κ3) is 2.79. The summed E-state index contributed by atoms with van der Waals surface area (Å²) in [4.78, 5) is 11.4. The molecule has 0 amide bonds. The van der Waals surface area contributed by atoms with E-state index < -0.39 is 0 Å². The first kappa shape index (κ1) is 14.8. The topological polar surface area (TPSA) is 61.3 Å². The van der Waals surface area contributed by atoms with Crippen LogP contribution in [-0.4, -0.2) is 47.4 Å². The molecule has 1 unspecified atom stereocenters. The lowest BCUT2D eigenvalue weighted by Crippen LogP contribution is -2.31. The number of fused-ring (bicyclic) bond motifs is 1. The zero-order valence-electron chi connectivity index (χ0n) is 13.4. The summed E-state index contributed by atoms with van der Waals surface area (Å²) in [5.74, 6) is 0.532. The minimum atomic E-state index is 0.224. The van der Waals surface area contributed by atoms with Crippen LogP contribution in [0.1, 0.15) is 37.3 Å².